The number of halogens is 1. The Morgan fingerprint density at radius 3 is 2.76 bits per heavy atom. The fourth-order valence-electron chi connectivity index (χ4n) is 5.87. The summed E-state index contributed by atoms with van der Waals surface area (Å²) in [5.74, 6) is -1.22. The van der Waals surface area contributed by atoms with Crippen LogP contribution in [-0.4, -0.2) is 98.6 Å². The van der Waals surface area contributed by atoms with Gasteiger partial charge in [0, 0.05) is 55.5 Å². The smallest absolute Gasteiger partial charge is 0.338 e. The van der Waals surface area contributed by atoms with E-state index in [-0.39, 0.29) is 24.9 Å². The number of aliphatic carboxylic acids is 1. The summed E-state index contributed by atoms with van der Waals surface area (Å²) in [6.45, 7) is 10.5. The number of esters is 1. The molecule has 1 aromatic heterocycles. The molecule has 0 radical (unpaired) electrons. The van der Waals surface area contributed by atoms with Crippen molar-refractivity contribution in [1.29, 1.82) is 0 Å². The first-order chi connectivity index (χ1) is 20.0. The average molecular weight is 615 g/mol. The number of carboxylic acid groups (broad SMARTS) is 1. The molecule has 2 atom stereocenters. The minimum absolute atomic E-state index is 0.0170. The minimum Gasteiger partial charge on any atom is -0.481 e. The molecule has 3 aliphatic heterocycles. The number of thiocarbonyl (C=S) groups is 1. The Bertz CT molecular complexity index is 1440. The number of aliphatic imine (C=N–C) groups is 1. The molecule has 4 heterocycles. The highest BCUT2D eigenvalue weighted by Crippen LogP contribution is 2.36. The molecule has 0 amide bonds. The third-order valence-corrected chi connectivity index (χ3v) is 9.23. The molecule has 2 aromatic rings. The van der Waals surface area contributed by atoms with E-state index < -0.39 is 23.5 Å². The van der Waals surface area contributed by atoms with Crippen LogP contribution in [0.3, 0.4) is 0 Å². The Kier molecular flexibility index (Phi) is 8.63. The molecule has 10 nitrogen and oxygen atoms in total. The first-order valence-electron chi connectivity index (χ1n) is 13.9. The molecular weight excluding hydrogens is 579 g/mol. The van der Waals surface area contributed by atoms with E-state index >= 15 is 0 Å². The number of aromatic nitrogens is 1. The van der Waals surface area contributed by atoms with Crippen LogP contribution < -0.4 is 5.32 Å². The van der Waals surface area contributed by atoms with Gasteiger partial charge in [-0.1, -0.05) is 12.1 Å². The van der Waals surface area contributed by atoms with Crippen molar-refractivity contribution in [2.45, 2.75) is 51.7 Å². The van der Waals surface area contributed by atoms with Crippen molar-refractivity contribution in [3.63, 3.8) is 0 Å². The first-order valence-corrected chi connectivity index (χ1v) is 15.2. The summed E-state index contributed by atoms with van der Waals surface area (Å²) in [6.07, 6.45) is 1.67. The molecule has 1 aromatic carbocycles. The second kappa shape index (κ2) is 12.1. The van der Waals surface area contributed by atoms with E-state index in [0.29, 0.717) is 71.1 Å². The standard InChI is InChI=1S/C29H35FN6O4S2/c1-5-40-27(39)23-21(16-34-10-11-35-18(14-34)15-36(28(35)41)29(3,4)13-22(37)38)32-25(26-31-9-12-42-26)33-24(23)19-7-6-8-20(30)17(19)2/h6-9,12,18,24H,5,10-11,13-16H2,1-4H3,(H,32,33)(H,37,38). The molecule has 0 bridgehead atoms. The second-order valence-corrected chi connectivity index (χ2v) is 12.5. The molecule has 0 saturated carbocycles. The van der Waals surface area contributed by atoms with Crippen molar-refractivity contribution in [2.24, 2.45) is 4.99 Å². The van der Waals surface area contributed by atoms with E-state index in [1.165, 1.54) is 17.4 Å². The zero-order valence-electron chi connectivity index (χ0n) is 24.1. The number of nitrogens with zero attached hydrogens (tertiary/aromatic N) is 5. The van der Waals surface area contributed by atoms with E-state index in [9.17, 15) is 19.1 Å². The number of hydrogen-bond donors (Lipinski definition) is 2. The van der Waals surface area contributed by atoms with Gasteiger partial charge in [0.05, 0.1) is 24.6 Å². The summed E-state index contributed by atoms with van der Waals surface area (Å²) in [4.78, 5) is 40.7. The highest BCUT2D eigenvalue weighted by molar-refractivity contribution is 7.80. The first kappa shape index (κ1) is 30.1. The SMILES string of the molecule is CCOC(=O)C1=C(CN2CCN3C(=S)N(C(C)(C)CC(=O)O)CC3C2)NC(c2nccs2)=NC1c1cccc(F)c1C. The molecule has 2 unspecified atom stereocenters. The van der Waals surface area contributed by atoms with Crippen molar-refractivity contribution >= 4 is 46.4 Å². The number of hydrogen-bond acceptors (Lipinski definition) is 9. The summed E-state index contributed by atoms with van der Waals surface area (Å²) in [5, 5.41) is 16.0. The third-order valence-electron chi connectivity index (χ3n) is 7.99. The van der Waals surface area contributed by atoms with E-state index in [0.717, 1.165) is 0 Å². The quantitative estimate of drug-likeness (QED) is 0.322. The highest BCUT2D eigenvalue weighted by Gasteiger charge is 2.45. The molecule has 0 spiro atoms. The van der Waals surface area contributed by atoms with Crippen LogP contribution in [0.4, 0.5) is 4.39 Å². The summed E-state index contributed by atoms with van der Waals surface area (Å²) in [7, 11) is 0. The molecular formula is C29H35FN6O4S2. The largest absolute Gasteiger partial charge is 0.481 e. The number of fused-ring (bicyclic) bond motifs is 1. The van der Waals surface area contributed by atoms with Crippen molar-refractivity contribution in [3.05, 3.63) is 63.0 Å². The fraction of sp³-hybridized carbons (Fsp3) is 0.483. The van der Waals surface area contributed by atoms with Crippen LogP contribution in [-0.2, 0) is 14.3 Å². The van der Waals surface area contributed by atoms with Gasteiger partial charge in [-0.25, -0.2) is 14.2 Å². The molecule has 224 valence electrons. The van der Waals surface area contributed by atoms with Gasteiger partial charge in [-0.05, 0) is 57.1 Å². The topological polar surface area (TPSA) is 111 Å². The van der Waals surface area contributed by atoms with Crippen LogP contribution in [0.1, 0.15) is 49.4 Å². The van der Waals surface area contributed by atoms with Gasteiger partial charge in [0.2, 0.25) is 0 Å². The number of carbonyl (C=O) groups excluding carboxylic acids is 1. The number of benzene rings is 1. The predicted octanol–water partition coefficient (Wildman–Crippen LogP) is 3.34. The molecule has 3 aliphatic rings. The molecule has 5 rings (SSSR count). The van der Waals surface area contributed by atoms with Crippen molar-refractivity contribution in [2.75, 3.05) is 39.3 Å². The van der Waals surface area contributed by atoms with Crippen LogP contribution in [0.5, 0.6) is 0 Å². The van der Waals surface area contributed by atoms with Gasteiger partial charge in [0.25, 0.3) is 0 Å². The molecule has 0 aliphatic carbocycles. The molecule has 2 N–H and O–H groups in total. The van der Waals surface area contributed by atoms with Crippen LogP contribution in [0.25, 0.3) is 0 Å². The lowest BCUT2D eigenvalue weighted by atomic mass is 9.92. The van der Waals surface area contributed by atoms with Gasteiger partial charge in [0.1, 0.15) is 11.9 Å². The minimum atomic E-state index is -0.864. The van der Waals surface area contributed by atoms with Crippen LogP contribution in [0, 0.1) is 12.7 Å². The van der Waals surface area contributed by atoms with Gasteiger partial charge in [0.15, 0.2) is 16.0 Å². The summed E-state index contributed by atoms with van der Waals surface area (Å²) in [6, 6.07) is 4.11. The summed E-state index contributed by atoms with van der Waals surface area (Å²) < 4.78 is 20.2. The monoisotopic (exact) mass is 614 g/mol. The van der Waals surface area contributed by atoms with Crippen LogP contribution >= 0.6 is 23.6 Å². The van der Waals surface area contributed by atoms with E-state index in [4.69, 9.17) is 21.9 Å². The lowest BCUT2D eigenvalue weighted by molar-refractivity contribution is -0.140. The van der Waals surface area contributed by atoms with Gasteiger partial charge in [-0.2, -0.15) is 0 Å². The van der Waals surface area contributed by atoms with E-state index in [1.54, 1.807) is 32.2 Å². The van der Waals surface area contributed by atoms with Gasteiger partial charge < -0.3 is 25.0 Å². The zero-order chi connectivity index (χ0) is 30.2. The van der Waals surface area contributed by atoms with E-state index in [1.807, 2.05) is 24.1 Å². The van der Waals surface area contributed by atoms with Gasteiger partial charge in [-0.3, -0.25) is 14.7 Å². The highest BCUT2D eigenvalue weighted by atomic mass is 32.1. The Morgan fingerprint density at radius 1 is 1.29 bits per heavy atom. The summed E-state index contributed by atoms with van der Waals surface area (Å²) in [5.41, 5.74) is 1.38. The lowest BCUT2D eigenvalue weighted by Gasteiger charge is -2.39. The zero-order valence-corrected chi connectivity index (χ0v) is 25.7. The van der Waals surface area contributed by atoms with Crippen molar-refractivity contribution in [1.82, 2.24) is 25.0 Å². The number of nitrogens with one attached hydrogen (secondary N) is 1. The van der Waals surface area contributed by atoms with Crippen LogP contribution in [0.15, 0.2) is 46.0 Å². The Labute approximate surface area is 253 Å². The Balaban J connectivity index is 1.47. The van der Waals surface area contributed by atoms with Crippen molar-refractivity contribution < 1.29 is 23.8 Å². The molecule has 2 fully saturated rings. The number of ether oxygens (including phenoxy) is 1. The normalized spacial score (nSPS) is 21.3. The number of amidine groups is 1. The predicted molar refractivity (Wildman–Crippen MR) is 162 cm³/mol. The van der Waals surface area contributed by atoms with Gasteiger partial charge in [-0.15, -0.1) is 11.3 Å². The van der Waals surface area contributed by atoms with Crippen LogP contribution in [0.2, 0.25) is 0 Å². The molecule has 2 saturated heterocycles. The Morgan fingerprint density at radius 2 is 2.07 bits per heavy atom. The average Bonchev–Trinajstić information content (AvgIpc) is 3.58. The maximum atomic E-state index is 14.7. The Hall–Kier alpha value is -3.42. The maximum absolute atomic E-state index is 14.7. The van der Waals surface area contributed by atoms with Crippen molar-refractivity contribution in [3.8, 4) is 0 Å². The maximum Gasteiger partial charge on any atom is 0.338 e. The van der Waals surface area contributed by atoms with Gasteiger partial charge >= 0.3 is 11.9 Å². The number of thiazole rings is 1. The number of carbonyl (C=O) groups is 2. The number of rotatable bonds is 9. The number of carboxylic acids is 1. The molecule has 42 heavy (non-hydrogen) atoms. The third kappa shape index (κ3) is 5.90. The lowest BCUT2D eigenvalue weighted by Crippen LogP contribution is -2.53. The molecule has 13 heteroatoms. The fourth-order valence-corrected chi connectivity index (χ4v) is 7.02. The number of piperazine rings is 1. The second-order valence-electron chi connectivity index (χ2n) is 11.3. The summed E-state index contributed by atoms with van der Waals surface area (Å²) >= 11 is 7.20. The van der Waals surface area contributed by atoms with E-state index in [2.05, 4.69) is 20.1 Å².